The van der Waals surface area contributed by atoms with Crippen molar-refractivity contribution >= 4 is 29.4 Å². The van der Waals surface area contributed by atoms with Gasteiger partial charge in [0, 0.05) is 44.4 Å². The molecule has 7 nitrogen and oxygen atoms in total. The van der Waals surface area contributed by atoms with Gasteiger partial charge in [-0.25, -0.2) is 9.78 Å². The van der Waals surface area contributed by atoms with Gasteiger partial charge in [0.05, 0.1) is 0 Å². The molecule has 0 radical (unpaired) electrons. The molecule has 1 fully saturated rings. The van der Waals surface area contributed by atoms with E-state index in [9.17, 15) is 4.79 Å². The molecular formula is C21H29ClN6O. The van der Waals surface area contributed by atoms with Crippen LogP contribution in [0.2, 0.25) is 5.02 Å². The van der Waals surface area contributed by atoms with Crippen LogP contribution in [0.4, 0.5) is 16.6 Å². The highest BCUT2D eigenvalue weighted by Crippen LogP contribution is 2.25. The number of hydrogen-bond acceptors (Lipinski definition) is 5. The maximum absolute atomic E-state index is 12.1. The Morgan fingerprint density at radius 1 is 1.14 bits per heavy atom. The smallest absolute Gasteiger partial charge is 0.315 e. The van der Waals surface area contributed by atoms with Crippen molar-refractivity contribution in [2.75, 3.05) is 30.9 Å². The molecule has 2 amide bonds. The van der Waals surface area contributed by atoms with E-state index < -0.39 is 0 Å². The van der Waals surface area contributed by atoms with Gasteiger partial charge in [-0.05, 0) is 49.3 Å². The highest BCUT2D eigenvalue weighted by Gasteiger charge is 2.22. The van der Waals surface area contributed by atoms with Crippen molar-refractivity contribution in [3.63, 3.8) is 0 Å². The molecule has 0 unspecified atom stereocenters. The normalized spacial score (nSPS) is 18.7. The topological polar surface area (TPSA) is 82.2 Å². The third-order valence-electron chi connectivity index (χ3n) is 5.23. The summed E-state index contributed by atoms with van der Waals surface area (Å²) >= 11 is 6.11. The number of aromatic nitrogens is 2. The minimum Gasteiger partial charge on any atom is -0.363 e. The van der Waals surface area contributed by atoms with Crippen LogP contribution in [0.1, 0.15) is 31.2 Å². The lowest BCUT2D eigenvalue weighted by molar-refractivity contribution is 0.235. The van der Waals surface area contributed by atoms with Gasteiger partial charge in [0.2, 0.25) is 5.95 Å². The summed E-state index contributed by atoms with van der Waals surface area (Å²) in [6.45, 7) is 1.11. The van der Waals surface area contributed by atoms with Gasteiger partial charge in [-0.15, -0.1) is 0 Å². The molecule has 3 N–H and O–H groups in total. The van der Waals surface area contributed by atoms with Crippen molar-refractivity contribution < 1.29 is 4.79 Å². The molecule has 29 heavy (non-hydrogen) atoms. The van der Waals surface area contributed by atoms with Crippen LogP contribution in [-0.4, -0.2) is 42.7 Å². The fraction of sp³-hybridized carbons (Fsp3) is 0.476. The molecule has 0 atom stereocenters. The first-order chi connectivity index (χ1) is 14.0. The van der Waals surface area contributed by atoms with Crippen molar-refractivity contribution in [3.8, 4) is 0 Å². The van der Waals surface area contributed by atoms with E-state index in [4.69, 9.17) is 11.6 Å². The van der Waals surface area contributed by atoms with Crippen LogP contribution >= 0.6 is 11.6 Å². The van der Waals surface area contributed by atoms with Crippen molar-refractivity contribution in [3.05, 3.63) is 47.1 Å². The predicted octanol–water partition coefficient (Wildman–Crippen LogP) is 3.67. The Kier molecular flexibility index (Phi) is 7.52. The van der Waals surface area contributed by atoms with E-state index in [1.807, 2.05) is 49.3 Å². The SMILES string of the molecule is CN(C)c1ccnc(NC2CCC(CNC(=O)NCc3ccccc3Cl)CC2)n1. The number of halogens is 1. The van der Waals surface area contributed by atoms with E-state index in [-0.39, 0.29) is 6.03 Å². The standard InChI is InChI=1S/C21H29ClN6O/c1-28(2)19-11-12-23-20(27-19)26-17-9-7-15(8-10-17)13-24-21(29)25-14-16-5-3-4-6-18(16)22/h3-6,11-12,15,17H,7-10,13-14H2,1-2H3,(H,23,26,27)(H2,24,25,29). The van der Waals surface area contributed by atoms with Crippen LogP contribution in [-0.2, 0) is 6.54 Å². The number of nitrogens with one attached hydrogen (secondary N) is 3. The first kappa shape index (κ1) is 21.2. The highest BCUT2D eigenvalue weighted by atomic mass is 35.5. The Bertz CT molecular complexity index is 807. The van der Waals surface area contributed by atoms with Gasteiger partial charge < -0.3 is 20.9 Å². The number of urea groups is 1. The summed E-state index contributed by atoms with van der Waals surface area (Å²) in [5.41, 5.74) is 0.913. The lowest BCUT2D eigenvalue weighted by Crippen LogP contribution is -2.39. The molecule has 156 valence electrons. The van der Waals surface area contributed by atoms with Crippen molar-refractivity contribution in [1.82, 2.24) is 20.6 Å². The Hall–Kier alpha value is -2.54. The summed E-state index contributed by atoms with van der Waals surface area (Å²) in [4.78, 5) is 22.9. The molecular weight excluding hydrogens is 388 g/mol. The number of nitrogens with zero attached hydrogens (tertiary/aromatic N) is 3. The second-order valence-corrected chi connectivity index (χ2v) is 8.06. The molecule has 1 heterocycles. The maximum Gasteiger partial charge on any atom is 0.315 e. The number of carbonyl (C=O) groups is 1. The number of rotatable bonds is 7. The minimum atomic E-state index is -0.154. The van der Waals surface area contributed by atoms with Crippen molar-refractivity contribution in [2.24, 2.45) is 5.92 Å². The van der Waals surface area contributed by atoms with Gasteiger partial charge in [-0.2, -0.15) is 4.98 Å². The van der Waals surface area contributed by atoms with Gasteiger partial charge in [-0.3, -0.25) is 0 Å². The first-order valence-corrected chi connectivity index (χ1v) is 10.4. The van der Waals surface area contributed by atoms with Crippen molar-refractivity contribution in [1.29, 1.82) is 0 Å². The Morgan fingerprint density at radius 2 is 1.90 bits per heavy atom. The number of hydrogen-bond donors (Lipinski definition) is 3. The molecule has 1 aromatic heterocycles. The fourth-order valence-electron chi connectivity index (χ4n) is 3.48. The molecule has 0 spiro atoms. The fourth-order valence-corrected chi connectivity index (χ4v) is 3.68. The summed E-state index contributed by atoms with van der Waals surface area (Å²) in [6.07, 6.45) is 6.00. The van der Waals surface area contributed by atoms with Crippen LogP contribution in [0.5, 0.6) is 0 Å². The lowest BCUT2D eigenvalue weighted by Gasteiger charge is -2.29. The zero-order valence-electron chi connectivity index (χ0n) is 17.0. The molecule has 8 heteroatoms. The zero-order valence-corrected chi connectivity index (χ0v) is 17.7. The number of amides is 2. The summed E-state index contributed by atoms with van der Waals surface area (Å²) < 4.78 is 0. The molecule has 1 aliphatic rings. The van der Waals surface area contributed by atoms with Crippen molar-refractivity contribution in [2.45, 2.75) is 38.3 Å². The predicted molar refractivity (Wildman–Crippen MR) is 117 cm³/mol. The monoisotopic (exact) mass is 416 g/mol. The minimum absolute atomic E-state index is 0.154. The van der Waals surface area contributed by atoms with Crippen LogP contribution in [0, 0.1) is 5.92 Å². The van der Waals surface area contributed by atoms with E-state index in [1.165, 1.54) is 0 Å². The van der Waals surface area contributed by atoms with Crippen LogP contribution in [0.3, 0.4) is 0 Å². The third kappa shape index (κ3) is 6.49. The summed E-state index contributed by atoms with van der Waals surface area (Å²) in [5, 5.41) is 9.96. The molecule has 1 aliphatic carbocycles. The quantitative estimate of drug-likeness (QED) is 0.641. The highest BCUT2D eigenvalue weighted by molar-refractivity contribution is 6.31. The second kappa shape index (κ2) is 10.3. The van der Waals surface area contributed by atoms with E-state index >= 15 is 0 Å². The van der Waals surface area contributed by atoms with Gasteiger partial charge >= 0.3 is 6.03 Å². The molecule has 2 aromatic rings. The van der Waals surface area contributed by atoms with Gasteiger partial charge in [0.1, 0.15) is 5.82 Å². The maximum atomic E-state index is 12.1. The molecule has 0 aliphatic heterocycles. The molecule has 1 saturated carbocycles. The average Bonchev–Trinajstić information content (AvgIpc) is 2.73. The Balaban J connectivity index is 1.36. The Morgan fingerprint density at radius 3 is 2.62 bits per heavy atom. The van der Waals surface area contributed by atoms with Gasteiger partial charge in [0.25, 0.3) is 0 Å². The Labute approximate surface area is 177 Å². The van der Waals surface area contributed by atoms with Crippen LogP contribution in [0.15, 0.2) is 36.5 Å². The third-order valence-corrected chi connectivity index (χ3v) is 5.60. The average molecular weight is 417 g/mol. The van der Waals surface area contributed by atoms with Crippen LogP contribution in [0.25, 0.3) is 0 Å². The van der Waals surface area contributed by atoms with E-state index in [2.05, 4.69) is 25.9 Å². The van der Waals surface area contributed by atoms with E-state index in [1.54, 1.807) is 6.20 Å². The lowest BCUT2D eigenvalue weighted by atomic mass is 9.86. The number of carbonyl (C=O) groups excluding carboxylic acids is 1. The zero-order chi connectivity index (χ0) is 20.6. The summed E-state index contributed by atoms with van der Waals surface area (Å²) in [5.74, 6) is 2.06. The summed E-state index contributed by atoms with van der Waals surface area (Å²) in [6, 6.07) is 9.64. The summed E-state index contributed by atoms with van der Waals surface area (Å²) in [7, 11) is 3.93. The van der Waals surface area contributed by atoms with Gasteiger partial charge in [0.15, 0.2) is 0 Å². The number of anilines is 2. The molecule has 0 saturated heterocycles. The molecule has 3 rings (SSSR count). The van der Waals surface area contributed by atoms with Crippen LogP contribution < -0.4 is 20.9 Å². The largest absolute Gasteiger partial charge is 0.363 e. The van der Waals surface area contributed by atoms with Gasteiger partial charge in [-0.1, -0.05) is 29.8 Å². The number of benzene rings is 1. The molecule has 1 aromatic carbocycles. The van der Waals surface area contributed by atoms with E-state index in [0.29, 0.717) is 36.0 Å². The van der Waals surface area contributed by atoms with E-state index in [0.717, 1.165) is 37.1 Å². The molecule has 0 bridgehead atoms. The first-order valence-electron chi connectivity index (χ1n) is 10.0. The second-order valence-electron chi connectivity index (χ2n) is 7.65.